The maximum Gasteiger partial charge on any atom is 0.164 e. The van der Waals surface area contributed by atoms with E-state index in [1.54, 1.807) is 22.7 Å². The predicted molar refractivity (Wildman–Crippen MR) is 213 cm³/mol. The van der Waals surface area contributed by atoms with E-state index in [9.17, 15) is 5.26 Å². The van der Waals surface area contributed by atoms with E-state index in [1.807, 2.05) is 97.1 Å². The Morgan fingerprint density at radius 3 is 1.83 bits per heavy atom. The second-order valence-electron chi connectivity index (χ2n) is 12.4. The molecule has 0 saturated carbocycles. The lowest BCUT2D eigenvalue weighted by Crippen LogP contribution is -2.00. The van der Waals surface area contributed by atoms with E-state index in [4.69, 9.17) is 24.9 Å². The van der Waals surface area contributed by atoms with Crippen LogP contribution in [0.5, 0.6) is 0 Å². The molecule has 10 rings (SSSR count). The summed E-state index contributed by atoms with van der Waals surface area (Å²) in [6.07, 6.45) is 0. The molecule has 6 nitrogen and oxygen atoms in total. The zero-order chi connectivity index (χ0) is 34.6. The molecule has 0 atom stereocenters. The van der Waals surface area contributed by atoms with E-state index in [0.29, 0.717) is 28.9 Å². The highest BCUT2D eigenvalue weighted by molar-refractivity contribution is 7.26. The molecule has 4 heterocycles. The van der Waals surface area contributed by atoms with Crippen LogP contribution in [0.2, 0.25) is 0 Å². The van der Waals surface area contributed by atoms with Gasteiger partial charge in [-0.1, -0.05) is 109 Å². The van der Waals surface area contributed by atoms with Gasteiger partial charge in [-0.2, -0.15) is 5.26 Å². The standard InChI is InChI=1S/C44H24N6S2/c45-25-29-16-7-8-17-30(29)38-40-39(31-18-9-10-20-34(31)52-40)47-43(46-38)28-22-23-35-33(24-28)37-32(19-11-21-36(37)51-35)44-49-41(26-12-3-1-4-13-26)48-42(50-44)27-14-5-2-6-15-27/h1-24H. The Morgan fingerprint density at radius 2 is 1.06 bits per heavy atom. The zero-order valence-corrected chi connectivity index (χ0v) is 29.0. The number of hydrogen-bond donors (Lipinski definition) is 0. The van der Waals surface area contributed by atoms with E-state index in [-0.39, 0.29) is 0 Å². The van der Waals surface area contributed by atoms with Gasteiger partial charge >= 0.3 is 0 Å². The van der Waals surface area contributed by atoms with Gasteiger partial charge in [-0.05, 0) is 36.4 Å². The number of fused-ring (bicyclic) bond motifs is 6. The van der Waals surface area contributed by atoms with Crippen LogP contribution in [0, 0.1) is 11.3 Å². The van der Waals surface area contributed by atoms with Crippen molar-refractivity contribution in [1.29, 1.82) is 5.26 Å². The van der Waals surface area contributed by atoms with Crippen LogP contribution in [-0.4, -0.2) is 24.9 Å². The quantitative estimate of drug-likeness (QED) is 0.178. The average Bonchev–Trinajstić information content (AvgIpc) is 3.79. The van der Waals surface area contributed by atoms with Crippen molar-refractivity contribution in [3.8, 4) is 62.9 Å². The first-order valence-electron chi connectivity index (χ1n) is 16.7. The van der Waals surface area contributed by atoms with Gasteiger partial charge < -0.3 is 0 Å². The fourth-order valence-electron chi connectivity index (χ4n) is 6.77. The van der Waals surface area contributed by atoms with Crippen molar-refractivity contribution in [3.05, 3.63) is 151 Å². The SMILES string of the molecule is N#Cc1ccccc1-c1nc(-c2ccc3sc4cccc(-c5nc(-c6ccccc6)nc(-c6ccccc6)n5)c4c3c2)nc2c1sc1ccccc12. The van der Waals surface area contributed by atoms with Gasteiger partial charge in [-0.3, -0.25) is 0 Å². The third-order valence-electron chi connectivity index (χ3n) is 9.22. The number of nitrogens with zero attached hydrogens (tertiary/aromatic N) is 6. The Hall–Kier alpha value is -6.66. The van der Waals surface area contributed by atoms with Gasteiger partial charge in [-0.25, -0.2) is 24.9 Å². The third kappa shape index (κ3) is 5.03. The van der Waals surface area contributed by atoms with Crippen LogP contribution in [0.4, 0.5) is 0 Å². The zero-order valence-electron chi connectivity index (χ0n) is 27.4. The molecule has 0 amide bonds. The monoisotopic (exact) mass is 700 g/mol. The maximum atomic E-state index is 10.1. The van der Waals surface area contributed by atoms with Gasteiger partial charge in [0.15, 0.2) is 23.3 Å². The topological polar surface area (TPSA) is 88.2 Å². The Balaban J connectivity index is 1.21. The van der Waals surface area contributed by atoms with Crippen LogP contribution >= 0.6 is 22.7 Å². The normalized spacial score (nSPS) is 11.4. The number of nitriles is 1. The summed E-state index contributed by atoms with van der Waals surface area (Å²) >= 11 is 3.40. The molecule has 0 bridgehead atoms. The number of rotatable bonds is 5. The molecule has 0 aliphatic carbocycles. The first-order valence-corrected chi connectivity index (χ1v) is 18.4. The van der Waals surface area contributed by atoms with Crippen LogP contribution in [-0.2, 0) is 0 Å². The van der Waals surface area contributed by atoms with Crippen LogP contribution in [0.3, 0.4) is 0 Å². The smallest absolute Gasteiger partial charge is 0.164 e. The summed E-state index contributed by atoms with van der Waals surface area (Å²) in [5.74, 6) is 2.46. The van der Waals surface area contributed by atoms with Crippen molar-refractivity contribution in [2.24, 2.45) is 0 Å². The minimum absolute atomic E-state index is 0.580. The minimum atomic E-state index is 0.580. The molecular weight excluding hydrogens is 677 g/mol. The van der Waals surface area contributed by atoms with Gasteiger partial charge in [-0.15, -0.1) is 22.7 Å². The summed E-state index contributed by atoms with van der Waals surface area (Å²) in [6, 6.07) is 51.2. The Labute approximate surface area is 306 Å². The van der Waals surface area contributed by atoms with Crippen molar-refractivity contribution in [2.45, 2.75) is 0 Å². The van der Waals surface area contributed by atoms with Crippen LogP contribution in [0.15, 0.2) is 146 Å². The predicted octanol–water partition coefficient (Wildman–Crippen LogP) is 11.6. The van der Waals surface area contributed by atoms with Crippen LogP contribution in [0.25, 0.3) is 97.3 Å². The van der Waals surface area contributed by atoms with Crippen molar-refractivity contribution < 1.29 is 0 Å². The van der Waals surface area contributed by atoms with Crippen molar-refractivity contribution in [2.75, 3.05) is 0 Å². The van der Waals surface area contributed by atoms with Crippen molar-refractivity contribution in [1.82, 2.24) is 24.9 Å². The molecule has 242 valence electrons. The molecule has 8 heteroatoms. The van der Waals surface area contributed by atoms with E-state index in [2.05, 4.69) is 54.6 Å². The van der Waals surface area contributed by atoms with Crippen molar-refractivity contribution >= 4 is 63.1 Å². The first kappa shape index (κ1) is 30.2. The van der Waals surface area contributed by atoms with E-state index < -0.39 is 0 Å². The fourth-order valence-corrected chi connectivity index (χ4v) is 9.03. The third-order valence-corrected chi connectivity index (χ3v) is 11.5. The lowest BCUT2D eigenvalue weighted by molar-refractivity contribution is 1.08. The highest BCUT2D eigenvalue weighted by Crippen LogP contribution is 2.43. The lowest BCUT2D eigenvalue weighted by atomic mass is 10.0. The molecule has 0 unspecified atom stereocenters. The fraction of sp³-hybridized carbons (Fsp3) is 0. The van der Waals surface area contributed by atoms with E-state index in [0.717, 1.165) is 74.0 Å². The molecule has 6 aromatic carbocycles. The lowest BCUT2D eigenvalue weighted by Gasteiger charge is -2.10. The number of thiophene rings is 2. The highest BCUT2D eigenvalue weighted by atomic mass is 32.1. The summed E-state index contributed by atoms with van der Waals surface area (Å²) in [4.78, 5) is 25.5. The molecule has 0 spiro atoms. The molecule has 0 saturated heterocycles. The molecule has 4 aromatic heterocycles. The summed E-state index contributed by atoms with van der Waals surface area (Å²) < 4.78 is 4.38. The van der Waals surface area contributed by atoms with Gasteiger partial charge in [0.1, 0.15) is 0 Å². The first-order chi connectivity index (χ1) is 25.7. The maximum absolute atomic E-state index is 10.1. The molecule has 10 aromatic rings. The molecule has 0 N–H and O–H groups in total. The van der Waals surface area contributed by atoms with Crippen LogP contribution in [0.1, 0.15) is 5.56 Å². The summed E-state index contributed by atoms with van der Waals surface area (Å²) in [5.41, 5.74) is 6.70. The molecule has 52 heavy (non-hydrogen) atoms. The van der Waals surface area contributed by atoms with Gasteiger partial charge in [0.05, 0.1) is 27.5 Å². The average molecular weight is 701 g/mol. The molecule has 0 aliphatic rings. The molecular formula is C44H24N6S2. The summed E-state index contributed by atoms with van der Waals surface area (Å²) in [6.45, 7) is 0. The second kappa shape index (κ2) is 12.3. The number of hydrogen-bond acceptors (Lipinski definition) is 8. The highest BCUT2D eigenvalue weighted by Gasteiger charge is 2.21. The van der Waals surface area contributed by atoms with Crippen molar-refractivity contribution in [3.63, 3.8) is 0 Å². The van der Waals surface area contributed by atoms with Gasteiger partial charge in [0.2, 0.25) is 0 Å². The number of aromatic nitrogens is 5. The summed E-state index contributed by atoms with van der Waals surface area (Å²) in [7, 11) is 0. The second-order valence-corrected chi connectivity index (χ2v) is 14.5. The largest absolute Gasteiger partial charge is 0.226 e. The molecule has 0 fully saturated rings. The Morgan fingerprint density at radius 1 is 0.442 bits per heavy atom. The van der Waals surface area contributed by atoms with Gasteiger partial charge in [0.25, 0.3) is 0 Å². The molecule has 0 radical (unpaired) electrons. The Bertz CT molecular complexity index is 2980. The van der Waals surface area contributed by atoms with Crippen LogP contribution < -0.4 is 0 Å². The van der Waals surface area contributed by atoms with E-state index >= 15 is 0 Å². The Kier molecular flexibility index (Phi) is 7.13. The van der Waals surface area contributed by atoms with E-state index in [1.165, 1.54) is 0 Å². The number of benzene rings is 6. The summed E-state index contributed by atoms with van der Waals surface area (Å²) in [5, 5.41) is 13.3. The van der Waals surface area contributed by atoms with Gasteiger partial charge in [0, 0.05) is 58.1 Å². The molecule has 0 aliphatic heterocycles. The minimum Gasteiger partial charge on any atom is -0.226 e.